The van der Waals surface area contributed by atoms with Gasteiger partial charge in [0.15, 0.2) is 0 Å². The van der Waals surface area contributed by atoms with Gasteiger partial charge < -0.3 is 15.3 Å². The molecule has 2 amide bonds. The molecular weight excluding hydrogens is 365 g/mol. The number of nitrogens with zero attached hydrogens (tertiary/aromatic N) is 2. The molecule has 2 heterocycles. The predicted octanol–water partition coefficient (Wildman–Crippen LogP) is 2.86. The van der Waals surface area contributed by atoms with Gasteiger partial charge in [-0.3, -0.25) is 19.4 Å². The van der Waals surface area contributed by atoms with Gasteiger partial charge in [0, 0.05) is 30.9 Å². The number of pyridine rings is 1. The maximum absolute atomic E-state index is 14.9. The monoisotopic (exact) mass is 385 g/mol. The third-order valence-corrected chi connectivity index (χ3v) is 4.84. The standard InChI is InChI=1S/C20H20FN3O4/c1-12(25)24-9-7-13(10-18(26)27)19(24)15-6-5-14(11-16(15)21)23-20(28)17-4-2-3-8-22-17/h2-6,8,11,13,19H,7,9-10H2,1H3,(H,23,28)(H,26,27). The first kappa shape index (κ1) is 19.5. The summed E-state index contributed by atoms with van der Waals surface area (Å²) in [7, 11) is 0. The van der Waals surface area contributed by atoms with Crippen LogP contribution in [-0.2, 0) is 9.59 Å². The van der Waals surface area contributed by atoms with Gasteiger partial charge in [-0.25, -0.2) is 4.39 Å². The molecule has 1 aromatic heterocycles. The Bertz CT molecular complexity index is 904. The molecule has 146 valence electrons. The van der Waals surface area contributed by atoms with Crippen molar-refractivity contribution in [3.63, 3.8) is 0 Å². The Morgan fingerprint density at radius 1 is 1.29 bits per heavy atom. The zero-order valence-electron chi connectivity index (χ0n) is 15.3. The first-order valence-corrected chi connectivity index (χ1v) is 8.87. The van der Waals surface area contributed by atoms with Gasteiger partial charge in [-0.2, -0.15) is 0 Å². The Kier molecular flexibility index (Phi) is 5.67. The number of hydrogen-bond acceptors (Lipinski definition) is 4. The molecular formula is C20H20FN3O4. The van der Waals surface area contributed by atoms with Gasteiger partial charge in [-0.1, -0.05) is 12.1 Å². The fraction of sp³-hybridized carbons (Fsp3) is 0.300. The van der Waals surface area contributed by atoms with E-state index in [1.807, 2.05) is 0 Å². The fourth-order valence-corrected chi connectivity index (χ4v) is 3.61. The lowest BCUT2D eigenvalue weighted by molar-refractivity contribution is -0.139. The van der Waals surface area contributed by atoms with Crippen LogP contribution in [0.4, 0.5) is 10.1 Å². The molecule has 8 heteroatoms. The van der Waals surface area contributed by atoms with Crippen molar-refractivity contribution in [1.29, 1.82) is 0 Å². The van der Waals surface area contributed by atoms with Crippen molar-refractivity contribution in [2.24, 2.45) is 5.92 Å². The maximum Gasteiger partial charge on any atom is 0.303 e. The number of rotatable bonds is 5. The van der Waals surface area contributed by atoms with Crippen LogP contribution in [0.25, 0.3) is 0 Å². The minimum absolute atomic E-state index is 0.147. The number of nitrogens with one attached hydrogen (secondary N) is 1. The number of aromatic nitrogens is 1. The third kappa shape index (κ3) is 4.16. The second-order valence-electron chi connectivity index (χ2n) is 6.71. The summed E-state index contributed by atoms with van der Waals surface area (Å²) in [5, 5.41) is 11.7. The number of halogens is 1. The lowest BCUT2D eigenvalue weighted by atomic mass is 9.90. The number of anilines is 1. The molecule has 28 heavy (non-hydrogen) atoms. The minimum Gasteiger partial charge on any atom is -0.481 e. The smallest absolute Gasteiger partial charge is 0.303 e. The van der Waals surface area contributed by atoms with Crippen LogP contribution in [0, 0.1) is 11.7 Å². The van der Waals surface area contributed by atoms with Crippen LogP contribution in [0.3, 0.4) is 0 Å². The van der Waals surface area contributed by atoms with E-state index in [4.69, 9.17) is 5.11 Å². The summed E-state index contributed by atoms with van der Waals surface area (Å²) < 4.78 is 14.9. The highest BCUT2D eigenvalue weighted by molar-refractivity contribution is 6.02. The quantitative estimate of drug-likeness (QED) is 0.824. The molecule has 2 aromatic rings. The van der Waals surface area contributed by atoms with Crippen molar-refractivity contribution >= 4 is 23.5 Å². The lowest BCUT2D eigenvalue weighted by Gasteiger charge is -2.28. The second kappa shape index (κ2) is 8.16. The summed E-state index contributed by atoms with van der Waals surface area (Å²) in [6.07, 6.45) is 1.83. The third-order valence-electron chi connectivity index (χ3n) is 4.84. The SMILES string of the molecule is CC(=O)N1CCC(CC(=O)O)C1c1ccc(NC(=O)c2ccccn2)cc1F. The molecule has 0 bridgehead atoms. The van der Waals surface area contributed by atoms with E-state index in [1.165, 1.54) is 36.2 Å². The van der Waals surface area contributed by atoms with Gasteiger partial charge in [0.05, 0.1) is 12.5 Å². The molecule has 1 aliphatic rings. The van der Waals surface area contributed by atoms with E-state index in [9.17, 15) is 18.8 Å². The fourth-order valence-electron chi connectivity index (χ4n) is 3.61. The zero-order chi connectivity index (χ0) is 20.3. The number of carbonyl (C=O) groups excluding carboxylic acids is 2. The largest absolute Gasteiger partial charge is 0.481 e. The highest BCUT2D eigenvalue weighted by atomic mass is 19.1. The van der Waals surface area contributed by atoms with Crippen LogP contribution in [0.15, 0.2) is 42.6 Å². The average molecular weight is 385 g/mol. The summed E-state index contributed by atoms with van der Waals surface area (Å²) in [5.41, 5.74) is 0.695. The summed E-state index contributed by atoms with van der Waals surface area (Å²) in [6, 6.07) is 8.45. The summed E-state index contributed by atoms with van der Waals surface area (Å²) >= 11 is 0. The lowest BCUT2D eigenvalue weighted by Crippen LogP contribution is -2.31. The van der Waals surface area contributed by atoms with Gasteiger partial charge in [-0.05, 0) is 36.6 Å². The second-order valence-corrected chi connectivity index (χ2v) is 6.71. The van der Waals surface area contributed by atoms with Gasteiger partial charge >= 0.3 is 5.97 Å². The Labute approximate surface area is 161 Å². The number of carboxylic acid groups (broad SMARTS) is 1. The van der Waals surface area contributed by atoms with Crippen LogP contribution >= 0.6 is 0 Å². The zero-order valence-corrected chi connectivity index (χ0v) is 15.3. The number of benzene rings is 1. The van der Waals surface area contributed by atoms with Crippen molar-refractivity contribution in [3.8, 4) is 0 Å². The van der Waals surface area contributed by atoms with Crippen LogP contribution in [0.5, 0.6) is 0 Å². The molecule has 1 aromatic carbocycles. The van der Waals surface area contributed by atoms with Crippen molar-refractivity contribution in [3.05, 3.63) is 59.7 Å². The van der Waals surface area contributed by atoms with E-state index >= 15 is 0 Å². The first-order valence-electron chi connectivity index (χ1n) is 8.87. The molecule has 1 saturated heterocycles. The summed E-state index contributed by atoms with van der Waals surface area (Å²) in [5.74, 6) is -2.66. The topological polar surface area (TPSA) is 99.6 Å². The molecule has 2 unspecified atom stereocenters. The molecule has 0 radical (unpaired) electrons. The number of carboxylic acids is 1. The molecule has 2 N–H and O–H groups in total. The predicted molar refractivity (Wildman–Crippen MR) is 99.1 cm³/mol. The molecule has 3 rings (SSSR count). The van der Waals surface area contributed by atoms with Crippen LogP contribution in [-0.4, -0.2) is 39.3 Å². The van der Waals surface area contributed by atoms with E-state index < -0.39 is 23.7 Å². The maximum atomic E-state index is 14.9. The molecule has 0 saturated carbocycles. The number of hydrogen-bond donors (Lipinski definition) is 2. The van der Waals surface area contributed by atoms with Crippen LogP contribution < -0.4 is 5.32 Å². The van der Waals surface area contributed by atoms with E-state index in [0.717, 1.165) is 0 Å². The summed E-state index contributed by atoms with van der Waals surface area (Å²) in [4.78, 5) is 40.7. The van der Waals surface area contributed by atoms with Crippen molar-refractivity contribution < 1.29 is 23.9 Å². The number of amides is 2. The summed E-state index contributed by atoms with van der Waals surface area (Å²) in [6.45, 7) is 1.77. The number of carbonyl (C=O) groups is 3. The van der Waals surface area contributed by atoms with Gasteiger partial charge in [0.25, 0.3) is 5.91 Å². The van der Waals surface area contributed by atoms with Gasteiger partial charge in [0.2, 0.25) is 5.91 Å². The molecule has 1 aliphatic heterocycles. The van der Waals surface area contributed by atoms with Gasteiger partial charge in [-0.15, -0.1) is 0 Å². The van der Waals surface area contributed by atoms with Crippen molar-refractivity contribution in [2.75, 3.05) is 11.9 Å². The van der Waals surface area contributed by atoms with Crippen LogP contribution in [0.2, 0.25) is 0 Å². The molecule has 2 atom stereocenters. The van der Waals surface area contributed by atoms with E-state index in [0.29, 0.717) is 13.0 Å². The molecule has 1 fully saturated rings. The highest BCUT2D eigenvalue weighted by Crippen LogP contribution is 2.40. The normalized spacial score (nSPS) is 18.7. The average Bonchev–Trinajstić information content (AvgIpc) is 3.05. The highest BCUT2D eigenvalue weighted by Gasteiger charge is 2.39. The van der Waals surface area contributed by atoms with E-state index in [-0.39, 0.29) is 35.2 Å². The molecule has 0 aliphatic carbocycles. The molecule has 7 nitrogen and oxygen atoms in total. The van der Waals surface area contributed by atoms with Gasteiger partial charge in [0.1, 0.15) is 11.5 Å². The Balaban J connectivity index is 1.84. The minimum atomic E-state index is -0.986. The Hall–Kier alpha value is -3.29. The van der Waals surface area contributed by atoms with Crippen molar-refractivity contribution in [1.82, 2.24) is 9.88 Å². The number of likely N-dealkylation sites (tertiary alicyclic amines) is 1. The Morgan fingerprint density at radius 2 is 2.07 bits per heavy atom. The van der Waals surface area contributed by atoms with Crippen LogP contribution in [0.1, 0.15) is 41.9 Å². The molecule has 0 spiro atoms. The Morgan fingerprint density at radius 3 is 2.68 bits per heavy atom. The first-order chi connectivity index (χ1) is 13.4. The van der Waals surface area contributed by atoms with E-state index in [2.05, 4.69) is 10.3 Å². The van der Waals surface area contributed by atoms with E-state index in [1.54, 1.807) is 18.2 Å². The van der Waals surface area contributed by atoms with Crippen molar-refractivity contribution in [2.45, 2.75) is 25.8 Å². The number of aliphatic carboxylic acids is 1.